The fraction of sp³-hybridized carbons (Fsp3) is 0.250. The van der Waals surface area contributed by atoms with Crippen molar-refractivity contribution in [2.75, 3.05) is 7.11 Å². The van der Waals surface area contributed by atoms with E-state index in [0.29, 0.717) is 5.75 Å². The molecular weight excluding hydrogens is 190 g/mol. The molecule has 0 saturated heterocycles. The van der Waals surface area contributed by atoms with Gasteiger partial charge in [-0.3, -0.25) is 0 Å². The van der Waals surface area contributed by atoms with Crippen molar-refractivity contribution in [3.05, 3.63) is 29.8 Å². The Morgan fingerprint density at radius 3 is 2.93 bits per heavy atom. The van der Waals surface area contributed by atoms with Crippen molar-refractivity contribution in [3.8, 4) is 17.6 Å². The van der Waals surface area contributed by atoms with E-state index >= 15 is 0 Å². The molecule has 0 saturated carbocycles. The van der Waals surface area contributed by atoms with Gasteiger partial charge in [-0.15, -0.1) is 0 Å². The Morgan fingerprint density at radius 1 is 1.47 bits per heavy atom. The zero-order chi connectivity index (χ0) is 10.9. The summed E-state index contributed by atoms with van der Waals surface area (Å²) in [7, 11) is 1.62. The number of ether oxygens (including phenoxy) is 2. The fourth-order valence-corrected chi connectivity index (χ4v) is 1.45. The molecule has 1 atom stereocenters. The van der Waals surface area contributed by atoms with Gasteiger partial charge in [0, 0.05) is 5.56 Å². The lowest BCUT2D eigenvalue weighted by Gasteiger charge is -2.25. The first-order chi connectivity index (χ1) is 7.17. The second-order valence-electron chi connectivity index (χ2n) is 3.56. The van der Waals surface area contributed by atoms with Gasteiger partial charge in [0.2, 0.25) is 5.60 Å². The van der Waals surface area contributed by atoms with Crippen molar-refractivity contribution < 1.29 is 9.47 Å². The minimum Gasteiger partial charge on any atom is -0.497 e. The highest BCUT2D eigenvalue weighted by Crippen LogP contribution is 2.32. The van der Waals surface area contributed by atoms with Gasteiger partial charge in [0.15, 0.2) is 0 Å². The monoisotopic (exact) mass is 201 g/mol. The van der Waals surface area contributed by atoms with Crippen LogP contribution >= 0.6 is 0 Å². The summed E-state index contributed by atoms with van der Waals surface area (Å²) >= 11 is 0. The highest BCUT2D eigenvalue weighted by Gasteiger charge is 2.26. The lowest BCUT2D eigenvalue weighted by atomic mass is 10.0. The Bertz CT molecular complexity index is 459. The second-order valence-corrected chi connectivity index (χ2v) is 3.56. The molecule has 15 heavy (non-hydrogen) atoms. The van der Waals surface area contributed by atoms with E-state index in [0.717, 1.165) is 11.3 Å². The molecule has 0 aliphatic carbocycles. The van der Waals surface area contributed by atoms with E-state index in [1.807, 2.05) is 24.3 Å². The number of nitrogens with zero attached hydrogens (tertiary/aromatic N) is 1. The Labute approximate surface area is 88.5 Å². The first kappa shape index (κ1) is 9.60. The number of nitriles is 1. The molecular formula is C12H11NO2. The third-order valence-electron chi connectivity index (χ3n) is 2.34. The summed E-state index contributed by atoms with van der Waals surface area (Å²) < 4.78 is 10.7. The van der Waals surface area contributed by atoms with Crippen molar-refractivity contribution in [2.24, 2.45) is 0 Å². The molecule has 1 unspecified atom stereocenters. The van der Waals surface area contributed by atoms with Crippen LogP contribution in [0.4, 0.5) is 0 Å². The topological polar surface area (TPSA) is 42.2 Å². The summed E-state index contributed by atoms with van der Waals surface area (Å²) in [5, 5.41) is 8.93. The first-order valence-electron chi connectivity index (χ1n) is 4.64. The molecule has 1 aromatic rings. The summed E-state index contributed by atoms with van der Waals surface area (Å²) in [6.45, 7) is 1.73. The minimum atomic E-state index is -0.860. The highest BCUT2D eigenvalue weighted by molar-refractivity contribution is 5.63. The molecule has 0 fully saturated rings. The normalized spacial score (nSPS) is 22.5. The molecule has 0 aromatic heterocycles. The average molecular weight is 201 g/mol. The third-order valence-corrected chi connectivity index (χ3v) is 2.34. The zero-order valence-electron chi connectivity index (χ0n) is 8.65. The van der Waals surface area contributed by atoms with Crippen LogP contribution in [0.15, 0.2) is 24.3 Å². The van der Waals surface area contributed by atoms with Crippen LogP contribution in [-0.4, -0.2) is 12.7 Å². The number of rotatable bonds is 1. The average Bonchev–Trinajstić information content (AvgIpc) is 2.28. The first-order valence-corrected chi connectivity index (χ1v) is 4.64. The van der Waals surface area contributed by atoms with Gasteiger partial charge >= 0.3 is 0 Å². The maximum absolute atomic E-state index is 8.93. The maximum atomic E-state index is 8.93. The number of methoxy groups -OCH3 is 1. The smallest absolute Gasteiger partial charge is 0.210 e. The predicted molar refractivity (Wildman–Crippen MR) is 56.7 cm³/mol. The van der Waals surface area contributed by atoms with Crippen LogP contribution in [0.1, 0.15) is 12.5 Å². The minimum absolute atomic E-state index is 0.711. The van der Waals surface area contributed by atoms with Crippen molar-refractivity contribution in [1.82, 2.24) is 0 Å². The molecule has 0 bridgehead atoms. The second kappa shape index (κ2) is 3.32. The van der Waals surface area contributed by atoms with Crippen LogP contribution in [0, 0.1) is 11.3 Å². The Kier molecular flexibility index (Phi) is 2.12. The lowest BCUT2D eigenvalue weighted by Crippen LogP contribution is -2.29. The SMILES string of the molecule is COc1ccc2c(c1)C=CC(C)(C#N)O2. The van der Waals surface area contributed by atoms with E-state index in [-0.39, 0.29) is 0 Å². The molecule has 3 heteroatoms. The summed E-state index contributed by atoms with van der Waals surface area (Å²) in [6.07, 6.45) is 3.62. The Balaban J connectivity index is 2.42. The fourth-order valence-electron chi connectivity index (χ4n) is 1.45. The van der Waals surface area contributed by atoms with Gasteiger partial charge in [0.05, 0.1) is 7.11 Å². The molecule has 1 aliphatic heterocycles. The number of fused-ring (bicyclic) bond motifs is 1. The standard InChI is InChI=1S/C12H11NO2/c1-12(8-13)6-5-9-7-10(14-2)3-4-11(9)15-12/h3-7H,1-2H3. The largest absolute Gasteiger partial charge is 0.497 e. The van der Waals surface area contributed by atoms with Crippen molar-refractivity contribution in [1.29, 1.82) is 5.26 Å². The van der Waals surface area contributed by atoms with E-state index in [4.69, 9.17) is 14.7 Å². The molecule has 76 valence electrons. The maximum Gasteiger partial charge on any atom is 0.210 e. The van der Waals surface area contributed by atoms with Crippen LogP contribution in [-0.2, 0) is 0 Å². The Hall–Kier alpha value is -1.95. The van der Waals surface area contributed by atoms with Gasteiger partial charge in [0.1, 0.15) is 17.6 Å². The molecule has 1 aromatic carbocycles. The van der Waals surface area contributed by atoms with E-state index in [9.17, 15) is 0 Å². The summed E-state index contributed by atoms with van der Waals surface area (Å²) in [5.74, 6) is 1.49. The van der Waals surface area contributed by atoms with Crippen LogP contribution in [0.25, 0.3) is 6.08 Å². The third kappa shape index (κ3) is 1.66. The molecule has 0 amide bonds. The van der Waals surface area contributed by atoms with Crippen LogP contribution in [0.2, 0.25) is 0 Å². The molecule has 0 spiro atoms. The summed E-state index contributed by atoms with van der Waals surface area (Å²) in [4.78, 5) is 0. The van der Waals surface area contributed by atoms with E-state index < -0.39 is 5.60 Å². The van der Waals surface area contributed by atoms with Gasteiger partial charge in [0.25, 0.3) is 0 Å². The predicted octanol–water partition coefficient (Wildman–Crippen LogP) is 2.38. The molecule has 1 heterocycles. The lowest BCUT2D eigenvalue weighted by molar-refractivity contribution is 0.196. The van der Waals surface area contributed by atoms with Crippen molar-refractivity contribution in [2.45, 2.75) is 12.5 Å². The number of hydrogen-bond acceptors (Lipinski definition) is 3. The summed E-state index contributed by atoms with van der Waals surface area (Å²) in [6, 6.07) is 7.62. The van der Waals surface area contributed by atoms with Gasteiger partial charge in [-0.2, -0.15) is 5.26 Å². The van der Waals surface area contributed by atoms with Gasteiger partial charge < -0.3 is 9.47 Å². The number of hydrogen-bond donors (Lipinski definition) is 0. The molecule has 3 nitrogen and oxygen atoms in total. The van der Waals surface area contributed by atoms with E-state index in [1.165, 1.54) is 0 Å². The van der Waals surface area contributed by atoms with Crippen LogP contribution in [0.3, 0.4) is 0 Å². The highest BCUT2D eigenvalue weighted by atomic mass is 16.5. The van der Waals surface area contributed by atoms with Gasteiger partial charge in [-0.25, -0.2) is 0 Å². The van der Waals surface area contributed by atoms with Gasteiger partial charge in [-0.05, 0) is 31.2 Å². The molecule has 0 radical (unpaired) electrons. The zero-order valence-corrected chi connectivity index (χ0v) is 8.65. The molecule has 1 aliphatic rings. The molecule has 0 N–H and O–H groups in total. The molecule has 2 rings (SSSR count). The van der Waals surface area contributed by atoms with Crippen molar-refractivity contribution >= 4 is 6.08 Å². The van der Waals surface area contributed by atoms with Gasteiger partial charge in [-0.1, -0.05) is 6.08 Å². The summed E-state index contributed by atoms with van der Waals surface area (Å²) in [5.41, 5.74) is 0.0729. The van der Waals surface area contributed by atoms with Crippen molar-refractivity contribution in [3.63, 3.8) is 0 Å². The van der Waals surface area contributed by atoms with E-state index in [2.05, 4.69) is 6.07 Å². The quantitative estimate of drug-likeness (QED) is 0.700. The van der Waals surface area contributed by atoms with Crippen LogP contribution in [0.5, 0.6) is 11.5 Å². The van der Waals surface area contributed by atoms with E-state index in [1.54, 1.807) is 20.1 Å². The Morgan fingerprint density at radius 2 is 2.27 bits per heavy atom. The number of benzene rings is 1. The van der Waals surface area contributed by atoms with Crippen LogP contribution < -0.4 is 9.47 Å².